The van der Waals surface area contributed by atoms with Gasteiger partial charge >= 0.3 is 0 Å². The first-order valence-corrected chi connectivity index (χ1v) is 7.10. The summed E-state index contributed by atoms with van der Waals surface area (Å²) in [4.78, 5) is 5.00. The molecule has 4 nitrogen and oxygen atoms in total. The maximum atomic E-state index is 3.55. The molecule has 0 aromatic carbocycles. The molecule has 1 saturated heterocycles. The zero-order valence-corrected chi connectivity index (χ0v) is 13.1. The van der Waals surface area contributed by atoms with Crippen molar-refractivity contribution in [2.24, 2.45) is 0 Å². The molecule has 0 atom stereocenters. The van der Waals surface area contributed by atoms with Crippen LogP contribution in [0.1, 0.15) is 41.5 Å². The van der Waals surface area contributed by atoms with Crippen LogP contribution >= 0.6 is 0 Å². The fourth-order valence-corrected chi connectivity index (χ4v) is 1.80. The molecule has 1 rings (SSSR count). The number of hydrogen-bond donors (Lipinski definition) is 2. The molecule has 4 heteroatoms. The highest BCUT2D eigenvalue weighted by molar-refractivity contribution is 4.76. The molecule has 0 aliphatic carbocycles. The van der Waals surface area contributed by atoms with E-state index in [9.17, 15) is 0 Å². The van der Waals surface area contributed by atoms with Crippen molar-refractivity contribution in [3.05, 3.63) is 0 Å². The fraction of sp³-hybridized carbons (Fsp3) is 1.00. The van der Waals surface area contributed by atoms with Gasteiger partial charge in [0, 0.05) is 50.6 Å². The lowest BCUT2D eigenvalue weighted by Crippen LogP contribution is -2.54. The zero-order valence-electron chi connectivity index (χ0n) is 13.1. The molecule has 0 bridgehead atoms. The lowest BCUT2D eigenvalue weighted by molar-refractivity contribution is 0.104. The molecule has 18 heavy (non-hydrogen) atoms. The maximum Gasteiger partial charge on any atom is 0.0485 e. The van der Waals surface area contributed by atoms with Gasteiger partial charge in [-0.2, -0.15) is 0 Å². The highest BCUT2D eigenvalue weighted by Crippen LogP contribution is 2.04. The van der Waals surface area contributed by atoms with Gasteiger partial charge in [0.05, 0.1) is 0 Å². The second kappa shape index (κ2) is 6.33. The zero-order chi connectivity index (χ0) is 13.8. The quantitative estimate of drug-likeness (QED) is 0.794. The smallest absolute Gasteiger partial charge is 0.0485 e. The third-order valence-electron chi connectivity index (χ3n) is 3.13. The Kier molecular flexibility index (Phi) is 5.59. The molecule has 0 aromatic rings. The van der Waals surface area contributed by atoms with Crippen LogP contribution in [0.2, 0.25) is 0 Å². The number of piperazine rings is 1. The van der Waals surface area contributed by atoms with Crippen molar-refractivity contribution in [2.45, 2.75) is 52.6 Å². The van der Waals surface area contributed by atoms with Gasteiger partial charge in [0.2, 0.25) is 0 Å². The second-order valence-electron chi connectivity index (χ2n) is 7.41. The van der Waals surface area contributed by atoms with Gasteiger partial charge in [0.25, 0.3) is 0 Å². The summed E-state index contributed by atoms with van der Waals surface area (Å²) in [6.45, 7) is 20.0. The Balaban J connectivity index is 2.17. The Morgan fingerprint density at radius 2 is 0.944 bits per heavy atom. The topological polar surface area (TPSA) is 30.5 Å². The molecule has 0 saturated carbocycles. The van der Waals surface area contributed by atoms with E-state index in [1.165, 1.54) is 0 Å². The first-order chi connectivity index (χ1) is 8.16. The minimum Gasteiger partial charge on any atom is -0.300 e. The van der Waals surface area contributed by atoms with Crippen molar-refractivity contribution in [2.75, 3.05) is 39.5 Å². The maximum absolute atomic E-state index is 3.55. The fourth-order valence-electron chi connectivity index (χ4n) is 1.80. The molecular weight excluding hydrogens is 224 g/mol. The summed E-state index contributed by atoms with van der Waals surface area (Å²) in [7, 11) is 0. The van der Waals surface area contributed by atoms with Crippen molar-refractivity contribution in [3.63, 3.8) is 0 Å². The second-order valence-corrected chi connectivity index (χ2v) is 7.41. The first kappa shape index (κ1) is 15.9. The van der Waals surface area contributed by atoms with Crippen molar-refractivity contribution >= 4 is 0 Å². The number of rotatable bonds is 4. The van der Waals surface area contributed by atoms with Crippen LogP contribution in [0.4, 0.5) is 0 Å². The van der Waals surface area contributed by atoms with Gasteiger partial charge in [-0.3, -0.25) is 20.4 Å². The molecule has 1 aliphatic heterocycles. The Labute approximate surface area is 113 Å². The summed E-state index contributed by atoms with van der Waals surface area (Å²) >= 11 is 0. The summed E-state index contributed by atoms with van der Waals surface area (Å²) in [6.07, 6.45) is 0. The molecule has 1 aliphatic rings. The van der Waals surface area contributed by atoms with Crippen LogP contribution in [0.5, 0.6) is 0 Å². The van der Waals surface area contributed by atoms with Gasteiger partial charge in [-0.25, -0.2) is 0 Å². The van der Waals surface area contributed by atoms with Gasteiger partial charge < -0.3 is 0 Å². The van der Waals surface area contributed by atoms with E-state index in [2.05, 4.69) is 62.0 Å². The van der Waals surface area contributed by atoms with Gasteiger partial charge in [-0.15, -0.1) is 0 Å². The van der Waals surface area contributed by atoms with E-state index in [-0.39, 0.29) is 11.1 Å². The van der Waals surface area contributed by atoms with Crippen molar-refractivity contribution < 1.29 is 0 Å². The number of nitrogens with one attached hydrogen (secondary N) is 2. The van der Waals surface area contributed by atoms with Gasteiger partial charge in [-0.1, -0.05) is 0 Å². The molecule has 0 aromatic heterocycles. The standard InChI is InChI=1S/C14H32N4/c1-13(2,3)15-11-17-7-9-18(10-8-17)12-16-14(4,5)6/h15-16H,7-12H2,1-6H3. The molecule has 0 unspecified atom stereocenters. The largest absolute Gasteiger partial charge is 0.300 e. The average molecular weight is 256 g/mol. The van der Waals surface area contributed by atoms with E-state index in [4.69, 9.17) is 0 Å². The number of hydrogen-bond acceptors (Lipinski definition) is 4. The van der Waals surface area contributed by atoms with E-state index in [1.54, 1.807) is 0 Å². The van der Waals surface area contributed by atoms with Crippen molar-refractivity contribution in [1.29, 1.82) is 0 Å². The lowest BCUT2D eigenvalue weighted by atomic mass is 10.1. The minimum absolute atomic E-state index is 0.213. The van der Waals surface area contributed by atoms with Gasteiger partial charge in [0.15, 0.2) is 0 Å². The van der Waals surface area contributed by atoms with Crippen LogP contribution in [0.3, 0.4) is 0 Å². The van der Waals surface area contributed by atoms with Crippen molar-refractivity contribution in [1.82, 2.24) is 20.4 Å². The summed E-state index contributed by atoms with van der Waals surface area (Å²) in [6, 6.07) is 0. The highest BCUT2D eigenvalue weighted by atomic mass is 15.3. The van der Waals surface area contributed by atoms with E-state index in [0.29, 0.717) is 0 Å². The summed E-state index contributed by atoms with van der Waals surface area (Å²) in [5.74, 6) is 0. The van der Waals surface area contributed by atoms with E-state index in [0.717, 1.165) is 39.5 Å². The van der Waals surface area contributed by atoms with Crippen LogP contribution in [0.15, 0.2) is 0 Å². The van der Waals surface area contributed by atoms with Crippen LogP contribution in [-0.4, -0.2) is 60.4 Å². The predicted octanol–water partition coefficient (Wildman–Crippen LogP) is 1.30. The van der Waals surface area contributed by atoms with E-state index >= 15 is 0 Å². The van der Waals surface area contributed by atoms with Crippen LogP contribution in [0.25, 0.3) is 0 Å². The van der Waals surface area contributed by atoms with E-state index < -0.39 is 0 Å². The normalized spacial score (nSPS) is 20.3. The molecule has 1 fully saturated rings. The average Bonchev–Trinajstić information content (AvgIpc) is 2.23. The SMILES string of the molecule is CC(C)(C)NCN1CCN(CNC(C)(C)C)CC1. The molecule has 0 radical (unpaired) electrons. The van der Waals surface area contributed by atoms with E-state index in [1.807, 2.05) is 0 Å². The highest BCUT2D eigenvalue weighted by Gasteiger charge is 2.19. The lowest BCUT2D eigenvalue weighted by Gasteiger charge is -2.37. The first-order valence-electron chi connectivity index (χ1n) is 7.10. The molecule has 2 N–H and O–H groups in total. The minimum atomic E-state index is 0.213. The van der Waals surface area contributed by atoms with Crippen LogP contribution < -0.4 is 10.6 Å². The molecule has 108 valence electrons. The monoisotopic (exact) mass is 256 g/mol. The molecule has 1 heterocycles. The predicted molar refractivity (Wildman–Crippen MR) is 78.7 cm³/mol. The Morgan fingerprint density at radius 1 is 0.667 bits per heavy atom. The summed E-state index contributed by atoms with van der Waals surface area (Å²) < 4.78 is 0. The third-order valence-corrected chi connectivity index (χ3v) is 3.13. The molecule has 0 amide bonds. The summed E-state index contributed by atoms with van der Waals surface area (Å²) in [5.41, 5.74) is 0.426. The Hall–Kier alpha value is -0.160. The van der Waals surface area contributed by atoms with Crippen LogP contribution in [-0.2, 0) is 0 Å². The third kappa shape index (κ3) is 7.31. The van der Waals surface area contributed by atoms with Crippen LogP contribution in [0, 0.1) is 0 Å². The Morgan fingerprint density at radius 3 is 1.17 bits per heavy atom. The van der Waals surface area contributed by atoms with Gasteiger partial charge in [-0.05, 0) is 41.5 Å². The van der Waals surface area contributed by atoms with Crippen molar-refractivity contribution in [3.8, 4) is 0 Å². The number of nitrogens with zero attached hydrogens (tertiary/aromatic N) is 2. The van der Waals surface area contributed by atoms with Gasteiger partial charge in [0.1, 0.15) is 0 Å². The molecular formula is C14H32N4. The Bertz CT molecular complexity index is 205. The summed E-state index contributed by atoms with van der Waals surface area (Å²) in [5, 5.41) is 7.11. The molecule has 0 spiro atoms.